The molecule has 186 valence electrons. The molecule has 0 radical (unpaired) electrons. The highest BCUT2D eigenvalue weighted by atomic mass is 16.5. The minimum Gasteiger partial charge on any atom is -0.507 e. The van der Waals surface area contributed by atoms with Gasteiger partial charge in [0.05, 0.1) is 46.1 Å². The largest absolute Gasteiger partial charge is 0.507 e. The summed E-state index contributed by atoms with van der Waals surface area (Å²) in [6.45, 7) is 3.19. The summed E-state index contributed by atoms with van der Waals surface area (Å²) in [6, 6.07) is 0.174. The van der Waals surface area contributed by atoms with Crippen molar-refractivity contribution in [2.45, 2.75) is 38.4 Å². The number of carbonyl (C=O) groups is 1. The average Bonchev–Trinajstić information content (AvgIpc) is 2.83. The van der Waals surface area contributed by atoms with Crippen LogP contribution >= 0.6 is 0 Å². The fourth-order valence-corrected chi connectivity index (χ4v) is 6.08. The Labute approximate surface area is 203 Å². The lowest BCUT2D eigenvalue weighted by Gasteiger charge is -2.53. The van der Waals surface area contributed by atoms with Gasteiger partial charge in [-0.1, -0.05) is 6.07 Å². The number of amides is 1. The number of phenolic OH excluding ortho intramolecular Hbond substituents is 2. The first-order valence-corrected chi connectivity index (χ1v) is 11.5. The van der Waals surface area contributed by atoms with Gasteiger partial charge in [0.25, 0.3) is 0 Å². The Bertz CT molecular complexity index is 1290. The Balaban J connectivity index is 1.85. The number of likely N-dealkylation sites (N-methyl/N-ethyl adjacent to an activating group) is 1. The normalized spacial score (nSPS) is 22.7. The van der Waals surface area contributed by atoms with E-state index in [1.54, 1.807) is 17.9 Å². The van der Waals surface area contributed by atoms with E-state index in [2.05, 4.69) is 0 Å². The van der Waals surface area contributed by atoms with Crippen LogP contribution in [0.15, 0.2) is 11.8 Å². The third-order valence-electron chi connectivity index (χ3n) is 7.65. The molecule has 9 nitrogen and oxygen atoms in total. The van der Waals surface area contributed by atoms with Gasteiger partial charge in [0.2, 0.25) is 5.91 Å². The van der Waals surface area contributed by atoms with Crippen molar-refractivity contribution in [3.63, 3.8) is 0 Å². The number of rotatable bonds is 4. The summed E-state index contributed by atoms with van der Waals surface area (Å²) in [4.78, 5) is 17.4. The minimum atomic E-state index is -0.803. The molecule has 0 saturated carbocycles. The quantitative estimate of drug-likeness (QED) is 0.610. The highest BCUT2D eigenvalue weighted by Gasteiger charge is 2.52. The van der Waals surface area contributed by atoms with Gasteiger partial charge < -0.3 is 34.4 Å². The lowest BCUT2D eigenvalue weighted by molar-refractivity contribution is -0.144. The number of fused-ring (bicyclic) bond motifs is 7. The second-order valence-electron chi connectivity index (χ2n) is 9.28. The van der Waals surface area contributed by atoms with E-state index in [4.69, 9.17) is 14.2 Å². The van der Waals surface area contributed by atoms with Crippen LogP contribution in [0.5, 0.6) is 28.7 Å². The first-order valence-electron chi connectivity index (χ1n) is 11.5. The molecule has 5 rings (SSSR count). The van der Waals surface area contributed by atoms with Crippen molar-refractivity contribution in [2.24, 2.45) is 0 Å². The van der Waals surface area contributed by atoms with Crippen molar-refractivity contribution in [3.05, 3.63) is 45.1 Å². The van der Waals surface area contributed by atoms with Crippen LogP contribution in [0, 0.1) is 13.8 Å². The molecule has 3 N–H and O–H groups in total. The number of aliphatic hydroxyl groups excluding tert-OH is 1. The number of hydrogen-bond donors (Lipinski definition) is 3. The molecule has 2 aromatic carbocycles. The van der Waals surface area contributed by atoms with Gasteiger partial charge in [0.1, 0.15) is 5.75 Å². The van der Waals surface area contributed by atoms with Crippen molar-refractivity contribution in [2.75, 3.05) is 35.0 Å². The monoisotopic (exact) mass is 482 g/mol. The summed E-state index contributed by atoms with van der Waals surface area (Å²) >= 11 is 0. The average molecular weight is 483 g/mol. The van der Waals surface area contributed by atoms with Gasteiger partial charge in [-0.15, -0.1) is 0 Å². The summed E-state index contributed by atoms with van der Waals surface area (Å²) in [5, 5.41) is 33.0. The lowest BCUT2D eigenvalue weighted by Crippen LogP contribution is -2.60. The van der Waals surface area contributed by atoms with E-state index >= 15 is 0 Å². The van der Waals surface area contributed by atoms with E-state index in [1.165, 1.54) is 21.3 Å². The maximum atomic E-state index is 13.9. The lowest BCUT2D eigenvalue weighted by atomic mass is 9.78. The summed E-state index contributed by atoms with van der Waals surface area (Å²) in [5.41, 5.74) is 4.31. The van der Waals surface area contributed by atoms with Crippen molar-refractivity contribution < 1.29 is 34.3 Å². The van der Waals surface area contributed by atoms with Gasteiger partial charge in [-0.25, -0.2) is 0 Å². The van der Waals surface area contributed by atoms with Crippen molar-refractivity contribution in [1.82, 2.24) is 9.80 Å². The Morgan fingerprint density at radius 2 is 1.66 bits per heavy atom. The molecule has 0 aliphatic carbocycles. The van der Waals surface area contributed by atoms with Gasteiger partial charge in [-0.3, -0.25) is 9.69 Å². The Morgan fingerprint density at radius 3 is 2.26 bits per heavy atom. The van der Waals surface area contributed by atoms with Gasteiger partial charge in [0, 0.05) is 28.0 Å². The fourth-order valence-electron chi connectivity index (χ4n) is 6.08. The second kappa shape index (κ2) is 8.07. The van der Waals surface area contributed by atoms with Crippen LogP contribution in [-0.4, -0.2) is 72.1 Å². The fraction of sp³-hybridized carbons (Fsp3) is 0.423. The molecule has 3 heterocycles. The van der Waals surface area contributed by atoms with Crippen LogP contribution in [0.3, 0.4) is 0 Å². The molecule has 1 saturated heterocycles. The number of piperazine rings is 1. The third-order valence-corrected chi connectivity index (χ3v) is 7.65. The molecule has 0 spiro atoms. The molecule has 2 aromatic rings. The SMILES string of the molecule is COc1c(C)cc2c(c1O)[C@@H]1C3=Cc4c(O)c(C)c(OC)c(OC)c4[C@H](CO)N3C(=O)[C@H](C2)N1C. The minimum absolute atomic E-state index is 0.0118. The highest BCUT2D eigenvalue weighted by molar-refractivity contribution is 5.91. The van der Waals surface area contributed by atoms with E-state index in [9.17, 15) is 20.1 Å². The predicted molar refractivity (Wildman–Crippen MR) is 128 cm³/mol. The van der Waals surface area contributed by atoms with Crippen LogP contribution in [0.4, 0.5) is 0 Å². The number of carbonyl (C=O) groups excluding carboxylic acids is 1. The number of benzene rings is 2. The summed E-state index contributed by atoms with van der Waals surface area (Å²) in [6.07, 6.45) is 2.16. The van der Waals surface area contributed by atoms with Crippen LogP contribution in [0.1, 0.15) is 45.5 Å². The number of phenols is 2. The van der Waals surface area contributed by atoms with Gasteiger partial charge in [-0.2, -0.15) is 0 Å². The van der Waals surface area contributed by atoms with Gasteiger partial charge in [-0.05, 0) is 44.5 Å². The van der Waals surface area contributed by atoms with Crippen molar-refractivity contribution in [1.29, 1.82) is 0 Å². The number of nitrogens with zero attached hydrogens (tertiary/aromatic N) is 2. The van der Waals surface area contributed by atoms with Crippen LogP contribution < -0.4 is 14.2 Å². The van der Waals surface area contributed by atoms with Gasteiger partial charge >= 0.3 is 0 Å². The molecule has 0 aromatic heterocycles. The van der Waals surface area contributed by atoms with E-state index < -0.39 is 24.7 Å². The maximum absolute atomic E-state index is 13.9. The number of hydrogen-bond acceptors (Lipinski definition) is 8. The van der Waals surface area contributed by atoms with Crippen molar-refractivity contribution >= 4 is 12.0 Å². The zero-order valence-electron chi connectivity index (χ0n) is 20.7. The maximum Gasteiger partial charge on any atom is 0.245 e. The number of aryl methyl sites for hydroxylation is 1. The van der Waals surface area contributed by atoms with Crippen molar-refractivity contribution in [3.8, 4) is 28.7 Å². The smallest absolute Gasteiger partial charge is 0.245 e. The second-order valence-corrected chi connectivity index (χ2v) is 9.28. The number of aromatic hydroxyl groups is 2. The molecule has 35 heavy (non-hydrogen) atoms. The first kappa shape index (κ1) is 23.3. The Hall–Kier alpha value is -3.43. The summed E-state index contributed by atoms with van der Waals surface area (Å²) in [5.74, 6) is 0.960. The zero-order chi connectivity index (χ0) is 25.3. The molecular formula is C26H30N2O7. The van der Waals surface area contributed by atoms with E-state index in [-0.39, 0.29) is 17.4 Å². The number of methoxy groups -OCH3 is 3. The first-order chi connectivity index (χ1) is 16.7. The molecule has 3 aliphatic heterocycles. The topological polar surface area (TPSA) is 112 Å². The van der Waals surface area contributed by atoms with Crippen LogP contribution in [0.25, 0.3) is 6.08 Å². The predicted octanol–water partition coefficient (Wildman–Crippen LogP) is 2.57. The standard InChI is InChI=1S/C26H30N2O7/c1-11-7-13-8-16-26(32)28-15(20(27(16)3)18(13)22(31)23(11)33-4)9-14-19(17(28)10-29)25(35-6)24(34-5)12(2)21(14)30/h7,9,16-17,20,29-31H,8,10H2,1-6H3/t16-,17-,20-/m0/s1. The van der Waals surface area contributed by atoms with Crippen LogP contribution in [-0.2, 0) is 11.2 Å². The van der Waals surface area contributed by atoms with E-state index in [0.29, 0.717) is 51.6 Å². The van der Waals surface area contributed by atoms with Crippen LogP contribution in [0.2, 0.25) is 0 Å². The third kappa shape index (κ3) is 2.91. The highest BCUT2D eigenvalue weighted by Crippen LogP contribution is 2.57. The molecule has 3 atom stereocenters. The molecule has 1 amide bonds. The molecule has 0 unspecified atom stereocenters. The zero-order valence-corrected chi connectivity index (χ0v) is 20.7. The number of aliphatic hydroxyl groups is 1. The Kier molecular flexibility index (Phi) is 5.37. The molecule has 9 heteroatoms. The molecule has 3 aliphatic rings. The summed E-state index contributed by atoms with van der Waals surface area (Å²) in [7, 11) is 6.34. The number of ether oxygens (including phenoxy) is 3. The Morgan fingerprint density at radius 1 is 1.00 bits per heavy atom. The molecule has 2 bridgehead atoms. The van der Waals surface area contributed by atoms with E-state index in [0.717, 1.165) is 11.1 Å². The molecule has 1 fully saturated rings. The molecular weight excluding hydrogens is 452 g/mol. The summed E-state index contributed by atoms with van der Waals surface area (Å²) < 4.78 is 16.7. The van der Waals surface area contributed by atoms with E-state index in [1.807, 2.05) is 24.9 Å². The van der Waals surface area contributed by atoms with Gasteiger partial charge in [0.15, 0.2) is 23.0 Å².